The fourth-order valence-electron chi connectivity index (χ4n) is 3.37. The number of rotatable bonds is 8. The van der Waals surface area contributed by atoms with Crippen LogP contribution in [0.1, 0.15) is 27.2 Å². The Morgan fingerprint density at radius 2 is 1.52 bits per heavy atom. The topological polar surface area (TPSA) is 46.5 Å². The van der Waals surface area contributed by atoms with Crippen LogP contribution < -0.4 is 10.4 Å². The number of aliphatic carboxylic acids is 1. The number of hydrogen-bond donors (Lipinski definition) is 1. The van der Waals surface area contributed by atoms with Gasteiger partial charge in [-0.15, -0.1) is 0 Å². The summed E-state index contributed by atoms with van der Waals surface area (Å²) in [6.07, 6.45) is -1.93. The van der Waals surface area contributed by atoms with E-state index < -0.39 is 20.5 Å². The molecule has 0 bridgehead atoms. The first kappa shape index (κ1) is 22.0. The second kappa shape index (κ2) is 9.30. The molecule has 0 heterocycles. The molecule has 0 aromatic heterocycles. The molecular weight excluding hydrogens is 474 g/mol. The van der Waals surface area contributed by atoms with Gasteiger partial charge in [0.1, 0.15) is 0 Å². The van der Waals surface area contributed by atoms with E-state index in [0.29, 0.717) is 6.61 Å². The van der Waals surface area contributed by atoms with E-state index in [-0.39, 0.29) is 15.4 Å². The molecule has 2 rings (SSSR count). The maximum atomic E-state index is 13.6. The highest BCUT2D eigenvalue weighted by Gasteiger charge is 2.50. The molecule has 2 aromatic carbocycles. The minimum absolute atomic E-state index is 0.0614. The van der Waals surface area contributed by atoms with Crippen LogP contribution in [-0.2, 0) is 9.22 Å². The minimum atomic E-state index is -2.66. The second-order valence-electron chi connectivity index (χ2n) is 7.61. The molecule has 0 spiro atoms. The van der Waals surface area contributed by atoms with E-state index in [1.54, 1.807) is 0 Å². The fraction of sp³-hybridized carbons (Fsp3) is 0.381. The predicted molar refractivity (Wildman–Crippen MR) is 119 cm³/mol. The molecule has 2 atom stereocenters. The van der Waals surface area contributed by atoms with Crippen LogP contribution in [0.2, 0.25) is 5.04 Å². The van der Waals surface area contributed by atoms with Crippen molar-refractivity contribution in [3.8, 4) is 0 Å². The van der Waals surface area contributed by atoms with E-state index in [1.807, 2.05) is 36.4 Å². The van der Waals surface area contributed by atoms with Crippen molar-refractivity contribution in [2.75, 3.05) is 6.61 Å². The molecule has 3 nitrogen and oxygen atoms in total. The standard InChI is InChI=1S/C21H26FIO3Si/c1-21(2,3)27(17-10-6-4-7-11-17,18-12-8-5-9-13-18)26-15-16(23)14-19(22)20(24)25/h4-13,16,19H,14-15H2,1-3H3,(H,24,25). The molecule has 6 heteroatoms. The predicted octanol–water partition coefficient (Wildman–Crippen LogP) is 4.18. The van der Waals surface area contributed by atoms with Gasteiger partial charge < -0.3 is 9.53 Å². The fourth-order valence-corrected chi connectivity index (χ4v) is 8.94. The highest BCUT2D eigenvalue weighted by Crippen LogP contribution is 2.37. The van der Waals surface area contributed by atoms with Gasteiger partial charge in [0.2, 0.25) is 0 Å². The first-order valence-electron chi connectivity index (χ1n) is 8.94. The Hall–Kier alpha value is -1.25. The first-order valence-corrected chi connectivity index (χ1v) is 12.1. The maximum Gasteiger partial charge on any atom is 0.338 e. The third-order valence-corrected chi connectivity index (χ3v) is 10.5. The van der Waals surface area contributed by atoms with Gasteiger partial charge in [0.05, 0.1) is 0 Å². The highest BCUT2D eigenvalue weighted by molar-refractivity contribution is 14.1. The third kappa shape index (κ3) is 5.17. The van der Waals surface area contributed by atoms with E-state index in [0.717, 1.165) is 10.4 Å². The third-order valence-electron chi connectivity index (χ3n) is 4.63. The molecule has 0 fully saturated rings. The normalized spacial score (nSPS) is 14.6. The Morgan fingerprint density at radius 1 is 1.07 bits per heavy atom. The zero-order valence-electron chi connectivity index (χ0n) is 15.9. The Morgan fingerprint density at radius 3 is 1.89 bits per heavy atom. The monoisotopic (exact) mass is 500 g/mol. The summed E-state index contributed by atoms with van der Waals surface area (Å²) in [7, 11) is -2.66. The van der Waals surface area contributed by atoms with E-state index >= 15 is 0 Å². The van der Waals surface area contributed by atoms with Gasteiger partial charge in [0, 0.05) is 17.0 Å². The van der Waals surface area contributed by atoms with Crippen LogP contribution in [0.25, 0.3) is 0 Å². The summed E-state index contributed by atoms with van der Waals surface area (Å²) in [5, 5.41) is 11.0. The number of benzene rings is 2. The summed E-state index contributed by atoms with van der Waals surface area (Å²) in [6.45, 7) is 6.84. The SMILES string of the molecule is CC(C)(C)[Si](OCC(I)CC(F)C(=O)O)(c1ccccc1)c1ccccc1. The minimum Gasteiger partial charge on any atom is -0.479 e. The van der Waals surface area contributed by atoms with Gasteiger partial charge in [-0.05, 0) is 15.4 Å². The summed E-state index contributed by atoms with van der Waals surface area (Å²) < 4.78 is 20.1. The zero-order valence-corrected chi connectivity index (χ0v) is 19.0. The number of hydrogen-bond acceptors (Lipinski definition) is 2. The van der Waals surface area contributed by atoms with Gasteiger partial charge in [0.25, 0.3) is 8.32 Å². The van der Waals surface area contributed by atoms with Crippen molar-refractivity contribution < 1.29 is 18.7 Å². The van der Waals surface area contributed by atoms with Gasteiger partial charge in [-0.3, -0.25) is 0 Å². The number of carbonyl (C=O) groups is 1. The lowest BCUT2D eigenvalue weighted by Gasteiger charge is -2.43. The van der Waals surface area contributed by atoms with Crippen LogP contribution in [0.4, 0.5) is 4.39 Å². The molecule has 0 aliphatic carbocycles. The lowest BCUT2D eigenvalue weighted by Crippen LogP contribution is -2.67. The van der Waals surface area contributed by atoms with Gasteiger partial charge in [-0.1, -0.05) is 104 Å². The lowest BCUT2D eigenvalue weighted by atomic mass is 10.2. The van der Waals surface area contributed by atoms with Crippen LogP contribution >= 0.6 is 22.6 Å². The average molecular weight is 500 g/mol. The van der Waals surface area contributed by atoms with Crippen molar-refractivity contribution in [2.24, 2.45) is 0 Å². The van der Waals surface area contributed by atoms with Crippen molar-refractivity contribution in [3.05, 3.63) is 60.7 Å². The number of alkyl halides is 2. The quantitative estimate of drug-likeness (QED) is 0.336. The Kier molecular flexibility index (Phi) is 7.59. The summed E-state index contributed by atoms with van der Waals surface area (Å²) in [6, 6.07) is 20.4. The van der Waals surface area contributed by atoms with Crippen molar-refractivity contribution in [3.63, 3.8) is 0 Å². The molecule has 0 aliphatic rings. The number of halogens is 2. The smallest absolute Gasteiger partial charge is 0.338 e. The van der Waals surface area contributed by atoms with Crippen LogP contribution in [0, 0.1) is 0 Å². The average Bonchev–Trinajstić information content (AvgIpc) is 2.62. The number of carboxylic acids is 1. The lowest BCUT2D eigenvalue weighted by molar-refractivity contribution is -0.143. The molecule has 2 unspecified atom stereocenters. The summed E-state index contributed by atoms with van der Waals surface area (Å²) in [5.74, 6) is -1.41. The zero-order chi connectivity index (χ0) is 20.1. The van der Waals surface area contributed by atoms with Crippen LogP contribution in [0.3, 0.4) is 0 Å². The first-order chi connectivity index (χ1) is 12.7. The molecule has 0 amide bonds. The maximum absolute atomic E-state index is 13.6. The molecule has 0 saturated carbocycles. The Bertz CT molecular complexity index is 695. The molecule has 0 saturated heterocycles. The van der Waals surface area contributed by atoms with E-state index in [2.05, 4.69) is 67.6 Å². The second-order valence-corrected chi connectivity index (χ2v) is 13.7. The van der Waals surface area contributed by atoms with E-state index in [1.165, 1.54) is 0 Å². The molecule has 0 radical (unpaired) electrons. The highest BCUT2D eigenvalue weighted by atomic mass is 127. The van der Waals surface area contributed by atoms with Gasteiger partial charge >= 0.3 is 5.97 Å². The molecular formula is C21H26FIO3Si. The van der Waals surface area contributed by atoms with E-state index in [9.17, 15) is 9.18 Å². The summed E-state index contributed by atoms with van der Waals surface area (Å²) >= 11 is 2.09. The van der Waals surface area contributed by atoms with Gasteiger partial charge in [-0.2, -0.15) is 0 Å². The van der Waals surface area contributed by atoms with Gasteiger partial charge in [0.15, 0.2) is 6.17 Å². The van der Waals surface area contributed by atoms with Crippen molar-refractivity contribution in [1.29, 1.82) is 0 Å². The van der Waals surface area contributed by atoms with Crippen LogP contribution in [0.5, 0.6) is 0 Å². The van der Waals surface area contributed by atoms with Crippen LogP contribution in [0.15, 0.2) is 60.7 Å². The summed E-state index contributed by atoms with van der Waals surface area (Å²) in [4.78, 5) is 10.8. The van der Waals surface area contributed by atoms with Crippen molar-refractivity contribution >= 4 is 47.3 Å². The Balaban J connectivity index is 2.42. The molecule has 146 valence electrons. The molecule has 2 aromatic rings. The molecule has 27 heavy (non-hydrogen) atoms. The van der Waals surface area contributed by atoms with Crippen molar-refractivity contribution in [1.82, 2.24) is 0 Å². The largest absolute Gasteiger partial charge is 0.479 e. The molecule has 0 aliphatic heterocycles. The number of carboxylic acid groups (broad SMARTS) is 1. The molecule has 1 N–H and O–H groups in total. The summed E-state index contributed by atoms with van der Waals surface area (Å²) in [5.41, 5.74) is 0. The van der Waals surface area contributed by atoms with Gasteiger partial charge in [-0.25, -0.2) is 9.18 Å². The van der Waals surface area contributed by atoms with Crippen LogP contribution in [-0.4, -0.2) is 36.1 Å². The van der Waals surface area contributed by atoms with Crippen molar-refractivity contribution in [2.45, 2.75) is 42.3 Å². The van der Waals surface area contributed by atoms with E-state index in [4.69, 9.17) is 9.53 Å². The Labute approximate surface area is 175 Å².